The molecular weight excluding hydrogens is 144 g/mol. The highest BCUT2D eigenvalue weighted by Crippen LogP contribution is 2.24. The molecule has 1 rings (SSSR count). The predicted molar refractivity (Wildman–Crippen MR) is 40.2 cm³/mol. The summed E-state index contributed by atoms with van der Waals surface area (Å²) < 4.78 is 10.4. The Morgan fingerprint density at radius 3 is 2.09 bits per heavy atom. The van der Waals surface area contributed by atoms with E-state index in [0.717, 1.165) is 0 Å². The molecule has 0 atom stereocenters. The zero-order chi connectivity index (χ0) is 8.48. The van der Waals surface area contributed by atoms with E-state index in [1.165, 1.54) is 0 Å². The van der Waals surface area contributed by atoms with Crippen molar-refractivity contribution in [3.8, 4) is 0 Å². The Bertz CT molecular complexity index is 147. The van der Waals surface area contributed by atoms with E-state index in [1.807, 2.05) is 20.8 Å². The minimum absolute atomic E-state index is 0.0190. The Morgan fingerprint density at radius 1 is 1.27 bits per heavy atom. The Balaban J connectivity index is 2.45. The van der Waals surface area contributed by atoms with E-state index in [-0.39, 0.29) is 30.7 Å². The van der Waals surface area contributed by atoms with E-state index in [0.29, 0.717) is 0 Å². The Kier molecular flexibility index (Phi) is 2.30. The van der Waals surface area contributed by atoms with Crippen LogP contribution in [0, 0.1) is 5.41 Å². The largest absolute Gasteiger partial charge is 0.344 e. The first-order valence-corrected chi connectivity index (χ1v) is 3.75. The average Bonchev–Trinajstić information content (AvgIpc) is 1.86. The van der Waals surface area contributed by atoms with Gasteiger partial charge in [0.2, 0.25) is 0 Å². The quantitative estimate of drug-likeness (QED) is 0.527. The lowest BCUT2D eigenvalue weighted by Gasteiger charge is -2.32. The molecule has 1 fully saturated rings. The summed E-state index contributed by atoms with van der Waals surface area (Å²) in [4.78, 5) is 10.7. The van der Waals surface area contributed by atoms with Crippen molar-refractivity contribution in [1.82, 2.24) is 0 Å². The van der Waals surface area contributed by atoms with Crippen LogP contribution < -0.4 is 0 Å². The van der Waals surface area contributed by atoms with E-state index in [2.05, 4.69) is 0 Å². The smallest absolute Gasteiger partial charge is 0.184 e. The number of rotatable bonds is 0. The molecule has 0 spiro atoms. The first-order valence-electron chi connectivity index (χ1n) is 3.75. The molecule has 0 aromatic heterocycles. The van der Waals surface area contributed by atoms with Gasteiger partial charge in [-0.1, -0.05) is 20.8 Å². The van der Waals surface area contributed by atoms with Crippen LogP contribution in [0.4, 0.5) is 0 Å². The second-order valence-corrected chi connectivity index (χ2v) is 3.86. The number of carbonyl (C=O) groups is 1. The summed E-state index contributed by atoms with van der Waals surface area (Å²) in [5.41, 5.74) is -0.0410. The maximum Gasteiger partial charge on any atom is 0.184 e. The van der Waals surface area contributed by atoms with Gasteiger partial charge in [0, 0.05) is 5.41 Å². The first kappa shape index (κ1) is 8.68. The summed E-state index contributed by atoms with van der Waals surface area (Å²) in [5, 5.41) is 0. The van der Waals surface area contributed by atoms with Gasteiger partial charge in [-0.05, 0) is 0 Å². The van der Waals surface area contributed by atoms with Crippen LogP contribution in [0.5, 0.6) is 0 Å². The normalized spacial score (nSPS) is 22.3. The molecular formula is C8H14O3. The minimum Gasteiger partial charge on any atom is -0.344 e. The molecule has 11 heavy (non-hydrogen) atoms. The maximum absolute atomic E-state index is 10.7. The van der Waals surface area contributed by atoms with Crippen molar-refractivity contribution in [3.05, 3.63) is 0 Å². The van der Waals surface area contributed by atoms with Gasteiger partial charge < -0.3 is 9.47 Å². The first-order chi connectivity index (χ1) is 5.00. The number of ketones is 1. The van der Waals surface area contributed by atoms with Gasteiger partial charge in [0.25, 0.3) is 0 Å². The third-order valence-electron chi connectivity index (χ3n) is 1.50. The summed E-state index contributed by atoms with van der Waals surface area (Å²) in [6.45, 7) is 6.46. The topological polar surface area (TPSA) is 35.5 Å². The van der Waals surface area contributed by atoms with Crippen molar-refractivity contribution >= 4 is 5.78 Å². The Hall–Kier alpha value is -0.410. The zero-order valence-electron chi connectivity index (χ0n) is 7.22. The van der Waals surface area contributed by atoms with Crippen LogP contribution in [0.3, 0.4) is 0 Å². The number of carbonyl (C=O) groups excluding carboxylic acids is 1. The Morgan fingerprint density at radius 2 is 1.73 bits per heavy atom. The summed E-state index contributed by atoms with van der Waals surface area (Å²) in [5.74, 6) is 0.0190. The SMILES string of the molecule is CC(C)(C)C1OCC(=O)CO1. The zero-order valence-corrected chi connectivity index (χ0v) is 7.22. The molecule has 0 N–H and O–H groups in total. The van der Waals surface area contributed by atoms with Crippen LogP contribution >= 0.6 is 0 Å². The number of ether oxygens (including phenoxy) is 2. The number of hydrogen-bond acceptors (Lipinski definition) is 3. The molecule has 0 bridgehead atoms. The van der Waals surface area contributed by atoms with Crippen molar-refractivity contribution in [1.29, 1.82) is 0 Å². The molecule has 3 nitrogen and oxygen atoms in total. The fraction of sp³-hybridized carbons (Fsp3) is 0.875. The van der Waals surface area contributed by atoms with E-state index < -0.39 is 0 Å². The molecule has 0 amide bonds. The van der Waals surface area contributed by atoms with Crippen molar-refractivity contribution in [2.24, 2.45) is 5.41 Å². The van der Waals surface area contributed by atoms with Gasteiger partial charge >= 0.3 is 0 Å². The molecule has 0 radical (unpaired) electrons. The lowest BCUT2D eigenvalue weighted by atomic mass is 9.95. The summed E-state index contributed by atoms with van der Waals surface area (Å²) >= 11 is 0. The second kappa shape index (κ2) is 2.91. The van der Waals surface area contributed by atoms with Gasteiger partial charge in [0.1, 0.15) is 13.2 Å². The van der Waals surface area contributed by atoms with Crippen LogP contribution in [-0.2, 0) is 14.3 Å². The minimum atomic E-state index is -0.236. The van der Waals surface area contributed by atoms with Crippen LogP contribution in [0.1, 0.15) is 20.8 Å². The van der Waals surface area contributed by atoms with Crippen molar-refractivity contribution < 1.29 is 14.3 Å². The fourth-order valence-corrected chi connectivity index (χ4v) is 0.927. The highest BCUT2D eigenvalue weighted by Gasteiger charge is 2.30. The molecule has 0 aliphatic carbocycles. The van der Waals surface area contributed by atoms with Crippen molar-refractivity contribution in [2.75, 3.05) is 13.2 Å². The molecule has 0 aromatic rings. The third kappa shape index (κ3) is 2.27. The fourth-order valence-electron chi connectivity index (χ4n) is 0.927. The van der Waals surface area contributed by atoms with Gasteiger partial charge in [-0.25, -0.2) is 0 Å². The van der Waals surface area contributed by atoms with Crippen LogP contribution in [0.25, 0.3) is 0 Å². The van der Waals surface area contributed by atoms with E-state index in [9.17, 15) is 4.79 Å². The number of Topliss-reactive ketones (excluding diaryl/α,β-unsaturated/α-hetero) is 1. The molecule has 1 aliphatic rings. The van der Waals surface area contributed by atoms with E-state index >= 15 is 0 Å². The molecule has 64 valence electrons. The molecule has 0 saturated carbocycles. The highest BCUT2D eigenvalue weighted by molar-refractivity contribution is 5.81. The summed E-state index contributed by atoms with van der Waals surface area (Å²) in [6.07, 6.45) is -0.236. The predicted octanol–water partition coefficient (Wildman–Crippen LogP) is 0.975. The molecule has 3 heteroatoms. The molecule has 1 aliphatic heterocycles. The number of hydrogen-bond donors (Lipinski definition) is 0. The molecule has 1 saturated heterocycles. The van der Waals surface area contributed by atoms with Crippen molar-refractivity contribution in [3.63, 3.8) is 0 Å². The van der Waals surface area contributed by atoms with Gasteiger partial charge in [0.15, 0.2) is 12.1 Å². The van der Waals surface area contributed by atoms with E-state index in [1.54, 1.807) is 0 Å². The highest BCUT2D eigenvalue weighted by atomic mass is 16.7. The average molecular weight is 158 g/mol. The maximum atomic E-state index is 10.7. The lowest BCUT2D eigenvalue weighted by Crippen LogP contribution is -2.40. The summed E-state index contributed by atoms with van der Waals surface area (Å²) in [6, 6.07) is 0. The van der Waals surface area contributed by atoms with Crippen LogP contribution in [-0.4, -0.2) is 25.3 Å². The van der Waals surface area contributed by atoms with Gasteiger partial charge in [-0.2, -0.15) is 0 Å². The van der Waals surface area contributed by atoms with Crippen LogP contribution in [0.2, 0.25) is 0 Å². The lowest BCUT2D eigenvalue weighted by molar-refractivity contribution is -0.218. The van der Waals surface area contributed by atoms with Gasteiger partial charge in [-0.3, -0.25) is 4.79 Å². The monoisotopic (exact) mass is 158 g/mol. The van der Waals surface area contributed by atoms with Gasteiger partial charge in [0.05, 0.1) is 0 Å². The van der Waals surface area contributed by atoms with E-state index in [4.69, 9.17) is 9.47 Å². The molecule has 0 unspecified atom stereocenters. The Labute approximate surface area is 66.7 Å². The molecule has 1 heterocycles. The standard InChI is InChI=1S/C8H14O3/c1-8(2,3)7-10-4-6(9)5-11-7/h7H,4-5H2,1-3H3. The van der Waals surface area contributed by atoms with Gasteiger partial charge in [-0.15, -0.1) is 0 Å². The van der Waals surface area contributed by atoms with Crippen LogP contribution in [0.15, 0.2) is 0 Å². The third-order valence-corrected chi connectivity index (χ3v) is 1.50. The van der Waals surface area contributed by atoms with Crippen molar-refractivity contribution in [2.45, 2.75) is 27.1 Å². The molecule has 0 aromatic carbocycles. The summed E-state index contributed by atoms with van der Waals surface area (Å²) in [7, 11) is 0. The second-order valence-electron chi connectivity index (χ2n) is 3.86.